The normalized spacial score (nSPS) is 13.0. The molecule has 1 atom stereocenters. The Morgan fingerprint density at radius 2 is 1.88 bits per heavy atom. The lowest BCUT2D eigenvalue weighted by Gasteiger charge is -2.26. The van der Waals surface area contributed by atoms with Crippen LogP contribution in [-0.2, 0) is 10.5 Å². The third kappa shape index (κ3) is 8.53. The Labute approximate surface area is 155 Å². The molecule has 4 nitrogen and oxygen atoms in total. The Bertz CT molecular complexity index is 573. The summed E-state index contributed by atoms with van der Waals surface area (Å²) in [6.45, 7) is 3.36. The van der Waals surface area contributed by atoms with E-state index in [1.54, 1.807) is 6.07 Å². The molecule has 25 heavy (non-hydrogen) atoms. The summed E-state index contributed by atoms with van der Waals surface area (Å²) in [6, 6.07) is 3.61. The van der Waals surface area contributed by atoms with Crippen LogP contribution >= 0.6 is 11.3 Å². The van der Waals surface area contributed by atoms with Crippen molar-refractivity contribution in [2.75, 3.05) is 6.61 Å². The maximum absolute atomic E-state index is 11.3. The molecule has 0 saturated heterocycles. The SMILES string of the molecule is CCCCCCCCCC#Cc1ccc(C(O)(CCO)NC(C)=O)s1. The maximum atomic E-state index is 11.3. The average molecular weight is 366 g/mol. The molecule has 0 radical (unpaired) electrons. The van der Waals surface area contributed by atoms with Crippen molar-refractivity contribution in [2.24, 2.45) is 0 Å². The number of thiophene rings is 1. The van der Waals surface area contributed by atoms with Gasteiger partial charge in [0, 0.05) is 26.4 Å². The third-order valence-electron chi connectivity index (χ3n) is 3.99. The van der Waals surface area contributed by atoms with Gasteiger partial charge >= 0.3 is 0 Å². The average Bonchev–Trinajstić information content (AvgIpc) is 3.02. The summed E-state index contributed by atoms with van der Waals surface area (Å²) in [4.78, 5) is 12.7. The molecule has 1 amide bonds. The summed E-state index contributed by atoms with van der Waals surface area (Å²) < 4.78 is 0. The smallest absolute Gasteiger partial charge is 0.219 e. The zero-order valence-corrected chi connectivity index (χ0v) is 16.3. The highest BCUT2D eigenvalue weighted by molar-refractivity contribution is 7.12. The van der Waals surface area contributed by atoms with Gasteiger partial charge in [0.25, 0.3) is 0 Å². The molecule has 1 unspecified atom stereocenters. The molecule has 0 aliphatic heterocycles. The number of amides is 1. The van der Waals surface area contributed by atoms with Crippen LogP contribution in [0.1, 0.15) is 81.4 Å². The summed E-state index contributed by atoms with van der Waals surface area (Å²) in [5.41, 5.74) is -1.52. The third-order valence-corrected chi connectivity index (χ3v) is 5.14. The van der Waals surface area contributed by atoms with Gasteiger partial charge in [0.15, 0.2) is 5.72 Å². The molecule has 0 aliphatic carbocycles. The molecule has 0 saturated carbocycles. The van der Waals surface area contributed by atoms with E-state index in [-0.39, 0.29) is 18.9 Å². The first-order valence-electron chi connectivity index (χ1n) is 9.23. The molecule has 5 heteroatoms. The van der Waals surface area contributed by atoms with Crippen molar-refractivity contribution >= 4 is 17.2 Å². The van der Waals surface area contributed by atoms with Crippen molar-refractivity contribution in [3.63, 3.8) is 0 Å². The first-order chi connectivity index (χ1) is 12.0. The first-order valence-corrected chi connectivity index (χ1v) is 10.0. The first kappa shape index (κ1) is 21.7. The van der Waals surface area contributed by atoms with Gasteiger partial charge in [0.05, 0.1) is 9.75 Å². The van der Waals surface area contributed by atoms with Gasteiger partial charge in [-0.3, -0.25) is 4.79 Å². The molecule has 0 aliphatic rings. The Kier molecular flexibility index (Phi) is 10.5. The lowest BCUT2D eigenvalue weighted by Crippen LogP contribution is -2.45. The summed E-state index contributed by atoms with van der Waals surface area (Å²) in [7, 11) is 0. The number of carbonyl (C=O) groups is 1. The Balaban J connectivity index is 2.46. The second-order valence-corrected chi connectivity index (χ2v) is 7.44. The summed E-state index contributed by atoms with van der Waals surface area (Å²) in [5.74, 6) is 5.97. The number of nitrogens with one attached hydrogen (secondary N) is 1. The molecule has 1 heterocycles. The van der Waals surface area contributed by atoms with E-state index >= 15 is 0 Å². The van der Waals surface area contributed by atoms with Crippen molar-refractivity contribution in [1.29, 1.82) is 0 Å². The largest absolute Gasteiger partial charge is 0.396 e. The number of hydrogen-bond donors (Lipinski definition) is 3. The quantitative estimate of drug-likeness (QED) is 0.316. The predicted octanol–water partition coefficient (Wildman–Crippen LogP) is 3.90. The van der Waals surface area contributed by atoms with Gasteiger partial charge in [-0.15, -0.1) is 11.3 Å². The highest BCUT2D eigenvalue weighted by Crippen LogP contribution is 2.29. The predicted molar refractivity (Wildman–Crippen MR) is 103 cm³/mol. The van der Waals surface area contributed by atoms with E-state index < -0.39 is 5.72 Å². The molecule has 0 fully saturated rings. The molecule has 140 valence electrons. The number of hydrogen-bond acceptors (Lipinski definition) is 4. The highest BCUT2D eigenvalue weighted by Gasteiger charge is 2.31. The van der Waals surface area contributed by atoms with Gasteiger partial charge in [0.2, 0.25) is 5.91 Å². The van der Waals surface area contributed by atoms with Crippen LogP contribution in [0.4, 0.5) is 0 Å². The molecule has 0 bridgehead atoms. The van der Waals surface area contributed by atoms with Crippen molar-refractivity contribution in [3.8, 4) is 11.8 Å². The Morgan fingerprint density at radius 1 is 1.20 bits per heavy atom. The second kappa shape index (κ2) is 12.1. The minimum absolute atomic E-state index is 0.0536. The molecule has 1 aromatic heterocycles. The molecule has 1 aromatic rings. The van der Waals surface area contributed by atoms with Gasteiger partial charge in [-0.05, 0) is 18.6 Å². The fourth-order valence-electron chi connectivity index (χ4n) is 2.65. The summed E-state index contributed by atoms with van der Waals surface area (Å²) >= 11 is 1.35. The number of unbranched alkanes of at least 4 members (excludes halogenated alkanes) is 7. The van der Waals surface area contributed by atoms with Gasteiger partial charge in [-0.1, -0.05) is 57.3 Å². The number of aliphatic hydroxyl groups is 2. The van der Waals surface area contributed by atoms with E-state index in [1.807, 2.05) is 6.07 Å². The lowest BCUT2D eigenvalue weighted by atomic mass is 10.1. The van der Waals surface area contributed by atoms with Gasteiger partial charge < -0.3 is 15.5 Å². The van der Waals surface area contributed by atoms with Crippen LogP contribution in [0.25, 0.3) is 0 Å². The minimum Gasteiger partial charge on any atom is -0.396 e. The van der Waals surface area contributed by atoms with Crippen molar-refractivity contribution in [3.05, 3.63) is 21.9 Å². The van der Waals surface area contributed by atoms with Crippen LogP contribution in [0.15, 0.2) is 12.1 Å². The van der Waals surface area contributed by atoms with Crippen LogP contribution in [0.3, 0.4) is 0 Å². The maximum Gasteiger partial charge on any atom is 0.219 e. The Hall–Kier alpha value is -1.35. The van der Waals surface area contributed by atoms with E-state index in [4.69, 9.17) is 5.11 Å². The number of aliphatic hydroxyl groups excluding tert-OH is 1. The van der Waals surface area contributed by atoms with Crippen LogP contribution in [0.2, 0.25) is 0 Å². The van der Waals surface area contributed by atoms with E-state index in [9.17, 15) is 9.90 Å². The van der Waals surface area contributed by atoms with Gasteiger partial charge in [-0.2, -0.15) is 0 Å². The molecule has 1 rings (SSSR count). The van der Waals surface area contributed by atoms with E-state index in [0.29, 0.717) is 4.88 Å². The van der Waals surface area contributed by atoms with Gasteiger partial charge in [0.1, 0.15) is 0 Å². The Morgan fingerprint density at radius 3 is 2.52 bits per heavy atom. The second-order valence-electron chi connectivity index (χ2n) is 6.35. The molecular formula is C20H31NO3S. The fourth-order valence-corrected chi connectivity index (χ4v) is 3.60. The van der Waals surface area contributed by atoms with Crippen molar-refractivity contribution in [1.82, 2.24) is 5.32 Å². The summed E-state index contributed by atoms with van der Waals surface area (Å²) in [6.07, 6.45) is 9.85. The van der Waals surface area contributed by atoms with Crippen LogP contribution in [0, 0.1) is 11.8 Å². The minimum atomic E-state index is -1.52. The summed E-state index contributed by atoms with van der Waals surface area (Å²) in [5, 5.41) is 22.2. The number of rotatable bonds is 11. The standard InChI is InChI=1S/C20H31NO3S/c1-3-4-5-6-7-8-9-10-11-12-18-13-14-19(25-18)20(24,15-16-22)21-17(2)23/h13-14,22,24H,3-10,15-16H2,1-2H3,(H,21,23). The molecule has 3 N–H and O–H groups in total. The van der Waals surface area contributed by atoms with E-state index in [1.165, 1.54) is 56.8 Å². The van der Waals surface area contributed by atoms with Crippen LogP contribution < -0.4 is 5.32 Å². The van der Waals surface area contributed by atoms with Crippen molar-refractivity contribution in [2.45, 2.75) is 77.4 Å². The van der Waals surface area contributed by atoms with Crippen LogP contribution in [-0.4, -0.2) is 22.7 Å². The fraction of sp³-hybridized carbons (Fsp3) is 0.650. The van der Waals surface area contributed by atoms with Crippen molar-refractivity contribution < 1.29 is 15.0 Å². The zero-order chi connectivity index (χ0) is 18.5. The zero-order valence-electron chi connectivity index (χ0n) is 15.4. The van der Waals surface area contributed by atoms with Gasteiger partial charge in [-0.25, -0.2) is 0 Å². The molecule has 0 aromatic carbocycles. The number of carbonyl (C=O) groups excluding carboxylic acids is 1. The topological polar surface area (TPSA) is 69.6 Å². The highest BCUT2D eigenvalue weighted by atomic mass is 32.1. The molecular weight excluding hydrogens is 334 g/mol. The van der Waals surface area contributed by atoms with Crippen LogP contribution in [0.5, 0.6) is 0 Å². The molecule has 0 spiro atoms. The van der Waals surface area contributed by atoms with E-state index in [2.05, 4.69) is 24.1 Å². The lowest BCUT2D eigenvalue weighted by molar-refractivity contribution is -0.128. The van der Waals surface area contributed by atoms with E-state index in [0.717, 1.165) is 17.7 Å². The monoisotopic (exact) mass is 365 g/mol.